The van der Waals surface area contributed by atoms with Crippen LogP contribution in [0.25, 0.3) is 11.1 Å². The van der Waals surface area contributed by atoms with Crippen molar-refractivity contribution in [2.24, 2.45) is 0 Å². The molecule has 0 radical (unpaired) electrons. The maximum absolute atomic E-state index is 12.7. The maximum atomic E-state index is 12.7. The number of methoxy groups -OCH3 is 1. The molecule has 232 valence electrons. The van der Waals surface area contributed by atoms with Crippen molar-refractivity contribution in [1.82, 2.24) is 4.90 Å². The van der Waals surface area contributed by atoms with Gasteiger partial charge in [-0.25, -0.2) is 4.79 Å². The van der Waals surface area contributed by atoms with Crippen molar-refractivity contribution in [2.45, 2.75) is 76.6 Å². The van der Waals surface area contributed by atoms with Crippen molar-refractivity contribution >= 4 is 11.8 Å². The highest BCUT2D eigenvalue weighted by Crippen LogP contribution is 2.28. The first kappa shape index (κ1) is 32.5. The molecule has 3 aromatic carbocycles. The van der Waals surface area contributed by atoms with Crippen LogP contribution in [-0.2, 0) is 16.1 Å². The molecular weight excluding hydrogens is 540 g/mol. The smallest absolute Gasteiger partial charge is 0.411 e. The van der Waals surface area contributed by atoms with Crippen molar-refractivity contribution < 1.29 is 24.1 Å². The van der Waals surface area contributed by atoms with Gasteiger partial charge in [-0.15, -0.1) is 0 Å². The van der Waals surface area contributed by atoms with Gasteiger partial charge in [0, 0.05) is 37.4 Å². The molecule has 1 aliphatic heterocycles. The lowest BCUT2D eigenvalue weighted by Gasteiger charge is -2.32. The number of carbonyl (C=O) groups is 1. The van der Waals surface area contributed by atoms with E-state index in [4.69, 9.17) is 14.2 Å². The summed E-state index contributed by atoms with van der Waals surface area (Å²) < 4.78 is 16.9. The summed E-state index contributed by atoms with van der Waals surface area (Å²) in [6.45, 7) is 3.98. The number of carbonyl (C=O) groups excluding carboxylic acids is 1. The van der Waals surface area contributed by atoms with Crippen LogP contribution >= 0.6 is 0 Å². The summed E-state index contributed by atoms with van der Waals surface area (Å²) in [7, 11) is 1.69. The second-order valence-electron chi connectivity index (χ2n) is 11.3. The number of anilines is 1. The number of nitrogens with one attached hydrogen (secondary N) is 1. The van der Waals surface area contributed by atoms with Crippen LogP contribution in [0.2, 0.25) is 0 Å². The van der Waals surface area contributed by atoms with Crippen LogP contribution in [0.4, 0.5) is 10.5 Å². The SMILES string of the molecule is COc1ccccc1COCCCCCCCC(O)CCN1CCC(OC(=O)Nc2ccccc2-c2ccccc2)CC1. The van der Waals surface area contributed by atoms with Gasteiger partial charge in [0.1, 0.15) is 11.9 Å². The molecule has 0 bridgehead atoms. The van der Waals surface area contributed by atoms with E-state index in [0.29, 0.717) is 6.61 Å². The van der Waals surface area contributed by atoms with Crippen molar-refractivity contribution in [1.29, 1.82) is 0 Å². The highest BCUT2D eigenvalue weighted by atomic mass is 16.6. The highest BCUT2D eigenvalue weighted by Gasteiger charge is 2.23. The molecule has 0 spiro atoms. The lowest BCUT2D eigenvalue weighted by Crippen LogP contribution is -2.39. The maximum Gasteiger partial charge on any atom is 0.411 e. The number of benzene rings is 3. The standard InChI is InChI=1S/C36H48N2O5/c1-41-35-20-12-9-16-30(35)28-42-27-13-4-2-3-8-17-31(39)21-24-38-25-22-32(23-26-38)43-36(40)37-34-19-11-10-18-33(34)29-14-6-5-7-15-29/h5-7,9-12,14-16,18-20,31-32,39H,2-4,8,13,17,21-28H2,1H3,(H,37,40). The predicted octanol–water partition coefficient (Wildman–Crippen LogP) is 7.68. The number of unbranched alkanes of at least 4 members (excludes halogenated alkanes) is 4. The quantitative estimate of drug-likeness (QED) is 0.157. The van der Waals surface area contributed by atoms with Crippen LogP contribution in [0.15, 0.2) is 78.9 Å². The number of likely N-dealkylation sites (tertiary alicyclic amines) is 1. The van der Waals surface area contributed by atoms with Gasteiger partial charge in [0.05, 0.1) is 25.5 Å². The second kappa shape index (κ2) is 18.3. The van der Waals surface area contributed by atoms with E-state index in [0.717, 1.165) is 106 Å². The molecule has 0 aromatic heterocycles. The van der Waals surface area contributed by atoms with Crippen LogP contribution in [0.5, 0.6) is 5.75 Å². The molecule has 1 amide bonds. The molecule has 7 heteroatoms. The molecule has 1 heterocycles. The average molecular weight is 589 g/mol. The van der Waals surface area contributed by atoms with Crippen LogP contribution in [-0.4, -0.2) is 61.7 Å². The number of hydrogen-bond donors (Lipinski definition) is 2. The van der Waals surface area contributed by atoms with E-state index in [-0.39, 0.29) is 12.2 Å². The Balaban J connectivity index is 1.01. The fraction of sp³-hybridized carbons (Fsp3) is 0.472. The monoisotopic (exact) mass is 588 g/mol. The van der Waals surface area contributed by atoms with Crippen LogP contribution in [0.3, 0.4) is 0 Å². The Morgan fingerprint density at radius 2 is 1.58 bits per heavy atom. The summed E-state index contributed by atoms with van der Waals surface area (Å²) in [5.74, 6) is 0.876. The number of aliphatic hydroxyl groups is 1. The van der Waals surface area contributed by atoms with Crippen LogP contribution in [0, 0.1) is 0 Å². The number of ether oxygens (including phenoxy) is 3. The third kappa shape index (κ3) is 11.3. The zero-order valence-corrected chi connectivity index (χ0v) is 25.6. The fourth-order valence-corrected chi connectivity index (χ4v) is 5.60. The molecule has 1 unspecified atom stereocenters. The lowest BCUT2D eigenvalue weighted by molar-refractivity contribution is 0.0521. The van der Waals surface area contributed by atoms with Gasteiger partial charge in [-0.1, -0.05) is 92.4 Å². The summed E-state index contributed by atoms with van der Waals surface area (Å²) in [5.41, 5.74) is 3.86. The molecule has 0 aliphatic carbocycles. The Bertz CT molecular complexity index is 1210. The summed E-state index contributed by atoms with van der Waals surface area (Å²) in [5, 5.41) is 13.4. The van der Waals surface area contributed by atoms with Crippen molar-refractivity contribution in [3.63, 3.8) is 0 Å². The van der Waals surface area contributed by atoms with Gasteiger partial charge in [-0.05, 0) is 49.8 Å². The van der Waals surface area contributed by atoms with Gasteiger partial charge in [0.2, 0.25) is 0 Å². The number of para-hydroxylation sites is 2. The second-order valence-corrected chi connectivity index (χ2v) is 11.3. The minimum Gasteiger partial charge on any atom is -0.496 e. The van der Waals surface area contributed by atoms with Gasteiger partial charge >= 0.3 is 6.09 Å². The molecule has 1 aliphatic rings. The van der Waals surface area contributed by atoms with Crippen molar-refractivity contribution in [3.8, 4) is 16.9 Å². The Kier molecular flexibility index (Phi) is 13.9. The van der Waals surface area contributed by atoms with Gasteiger partial charge < -0.3 is 24.2 Å². The molecular formula is C36H48N2O5. The highest BCUT2D eigenvalue weighted by molar-refractivity contribution is 5.91. The summed E-state index contributed by atoms with van der Waals surface area (Å²) in [6, 6.07) is 25.8. The number of piperidine rings is 1. The molecule has 1 saturated heterocycles. The minimum atomic E-state index is -0.405. The van der Waals surface area contributed by atoms with Crippen LogP contribution in [0.1, 0.15) is 63.4 Å². The Hall–Kier alpha value is -3.39. The zero-order chi connectivity index (χ0) is 30.1. The van der Waals surface area contributed by atoms with E-state index < -0.39 is 6.09 Å². The Labute approximate surface area is 257 Å². The lowest BCUT2D eigenvalue weighted by atomic mass is 10.0. The number of rotatable bonds is 17. The van der Waals surface area contributed by atoms with Crippen LogP contribution < -0.4 is 10.1 Å². The summed E-state index contributed by atoms with van der Waals surface area (Å²) in [4.78, 5) is 15.0. The summed E-state index contributed by atoms with van der Waals surface area (Å²) >= 11 is 0. The van der Waals surface area contributed by atoms with Crippen molar-refractivity contribution in [3.05, 3.63) is 84.4 Å². The van der Waals surface area contributed by atoms with E-state index in [1.807, 2.05) is 78.9 Å². The molecule has 4 rings (SSSR count). The van der Waals surface area contributed by atoms with E-state index >= 15 is 0 Å². The summed E-state index contributed by atoms with van der Waals surface area (Å²) in [6.07, 6.45) is 8.10. The van der Waals surface area contributed by atoms with E-state index in [1.54, 1.807) is 7.11 Å². The average Bonchev–Trinajstić information content (AvgIpc) is 3.04. The van der Waals surface area contributed by atoms with Crippen molar-refractivity contribution in [2.75, 3.05) is 38.7 Å². The van der Waals surface area contributed by atoms with Gasteiger partial charge in [-0.2, -0.15) is 0 Å². The fourth-order valence-electron chi connectivity index (χ4n) is 5.60. The molecule has 43 heavy (non-hydrogen) atoms. The van der Waals surface area contributed by atoms with E-state index in [2.05, 4.69) is 10.2 Å². The first-order valence-corrected chi connectivity index (χ1v) is 15.8. The first-order chi connectivity index (χ1) is 21.1. The topological polar surface area (TPSA) is 80.3 Å². The molecule has 0 saturated carbocycles. The number of nitrogens with zero attached hydrogens (tertiary/aromatic N) is 1. The largest absolute Gasteiger partial charge is 0.496 e. The molecule has 3 aromatic rings. The molecule has 7 nitrogen and oxygen atoms in total. The van der Waals surface area contributed by atoms with Gasteiger partial charge in [0.15, 0.2) is 0 Å². The van der Waals surface area contributed by atoms with E-state index in [1.165, 1.54) is 6.42 Å². The van der Waals surface area contributed by atoms with Gasteiger partial charge in [0.25, 0.3) is 0 Å². The first-order valence-electron chi connectivity index (χ1n) is 15.8. The predicted molar refractivity (Wildman–Crippen MR) is 172 cm³/mol. The number of hydrogen-bond acceptors (Lipinski definition) is 6. The van der Waals surface area contributed by atoms with E-state index in [9.17, 15) is 9.90 Å². The zero-order valence-electron chi connectivity index (χ0n) is 25.6. The Morgan fingerprint density at radius 3 is 2.40 bits per heavy atom. The van der Waals surface area contributed by atoms with Gasteiger partial charge in [-0.3, -0.25) is 5.32 Å². The molecule has 1 atom stereocenters. The third-order valence-electron chi connectivity index (χ3n) is 8.11. The molecule has 1 fully saturated rings. The third-order valence-corrected chi connectivity index (χ3v) is 8.11. The normalized spacial score (nSPS) is 14.7. The minimum absolute atomic E-state index is 0.0865. The number of aliphatic hydroxyl groups excluding tert-OH is 1. The Morgan fingerprint density at radius 1 is 0.884 bits per heavy atom. The number of amides is 1. The molecule has 2 N–H and O–H groups in total.